The number of nitrogens with one attached hydrogen (secondary N) is 1. The van der Waals surface area contributed by atoms with Gasteiger partial charge in [0.25, 0.3) is 5.91 Å². The van der Waals surface area contributed by atoms with Crippen molar-refractivity contribution >= 4 is 27.1 Å². The lowest BCUT2D eigenvalue weighted by atomic mass is 10.1. The highest BCUT2D eigenvalue weighted by molar-refractivity contribution is 7.90. The Kier molecular flexibility index (Phi) is 4.55. The second-order valence-electron chi connectivity index (χ2n) is 4.04. The van der Waals surface area contributed by atoms with Crippen molar-refractivity contribution in [3.63, 3.8) is 0 Å². The van der Waals surface area contributed by atoms with Gasteiger partial charge in [0.05, 0.1) is 22.7 Å². The van der Waals surface area contributed by atoms with E-state index in [-0.39, 0.29) is 5.75 Å². The molecule has 0 aliphatic carbocycles. The average Bonchev–Trinajstić information content (AvgIpc) is 2.24. The molecule has 7 heteroatoms. The van der Waals surface area contributed by atoms with Gasteiger partial charge in [-0.2, -0.15) is 0 Å². The molecule has 0 unspecified atom stereocenters. The molecule has 0 aliphatic rings. The van der Waals surface area contributed by atoms with E-state index in [2.05, 4.69) is 5.32 Å². The SMILES string of the molecule is CS(=O)(=O)CCCNc1c(N)cccc1C(N)=O. The third kappa shape index (κ3) is 4.25. The van der Waals surface area contributed by atoms with Crippen molar-refractivity contribution in [2.75, 3.05) is 29.6 Å². The van der Waals surface area contributed by atoms with E-state index in [1.54, 1.807) is 18.2 Å². The fourth-order valence-electron chi connectivity index (χ4n) is 1.52. The Balaban J connectivity index is 2.70. The Labute approximate surface area is 106 Å². The molecule has 0 saturated carbocycles. The Morgan fingerprint density at radius 2 is 2.06 bits per heavy atom. The van der Waals surface area contributed by atoms with Gasteiger partial charge >= 0.3 is 0 Å². The lowest BCUT2D eigenvalue weighted by molar-refractivity contribution is 0.100. The number of hydrogen-bond donors (Lipinski definition) is 3. The summed E-state index contributed by atoms with van der Waals surface area (Å²) in [6.07, 6.45) is 1.62. The molecule has 0 heterocycles. The molecular formula is C11H17N3O3S. The smallest absolute Gasteiger partial charge is 0.250 e. The molecule has 1 aromatic carbocycles. The standard InChI is InChI=1S/C11H17N3O3S/c1-18(16,17)7-3-6-14-10-8(11(13)15)4-2-5-9(10)12/h2,4-5,14H,3,6-7,12H2,1H3,(H2,13,15). The van der Waals surface area contributed by atoms with Crippen LogP contribution in [0, 0.1) is 0 Å². The first-order valence-electron chi connectivity index (χ1n) is 5.41. The second-order valence-corrected chi connectivity index (χ2v) is 6.30. The summed E-state index contributed by atoms with van der Waals surface area (Å²) >= 11 is 0. The van der Waals surface area contributed by atoms with E-state index in [1.807, 2.05) is 0 Å². The topological polar surface area (TPSA) is 115 Å². The Bertz CT molecular complexity index is 540. The molecule has 5 N–H and O–H groups in total. The van der Waals surface area contributed by atoms with Gasteiger partial charge in [-0.05, 0) is 18.6 Å². The lowest BCUT2D eigenvalue weighted by Gasteiger charge is -2.12. The van der Waals surface area contributed by atoms with Crippen molar-refractivity contribution in [1.82, 2.24) is 0 Å². The first-order chi connectivity index (χ1) is 8.31. The number of carbonyl (C=O) groups is 1. The normalized spacial score (nSPS) is 11.2. The molecule has 100 valence electrons. The highest BCUT2D eigenvalue weighted by Crippen LogP contribution is 2.22. The van der Waals surface area contributed by atoms with Crippen molar-refractivity contribution in [2.45, 2.75) is 6.42 Å². The van der Waals surface area contributed by atoms with Gasteiger partial charge < -0.3 is 16.8 Å². The van der Waals surface area contributed by atoms with Crippen LogP contribution in [0.15, 0.2) is 18.2 Å². The molecule has 0 radical (unpaired) electrons. The van der Waals surface area contributed by atoms with Crippen LogP contribution < -0.4 is 16.8 Å². The zero-order valence-electron chi connectivity index (χ0n) is 10.1. The number of sulfone groups is 1. The van der Waals surface area contributed by atoms with Gasteiger partial charge in [0.15, 0.2) is 0 Å². The van der Waals surface area contributed by atoms with Gasteiger partial charge in [-0.25, -0.2) is 8.42 Å². The van der Waals surface area contributed by atoms with Crippen LogP contribution in [0.1, 0.15) is 16.8 Å². The largest absolute Gasteiger partial charge is 0.397 e. The quantitative estimate of drug-likeness (QED) is 0.505. The fourth-order valence-corrected chi connectivity index (χ4v) is 2.19. The Morgan fingerprint density at radius 3 is 2.61 bits per heavy atom. The van der Waals surface area contributed by atoms with Crippen molar-refractivity contribution in [3.8, 4) is 0 Å². The van der Waals surface area contributed by atoms with Crippen LogP contribution >= 0.6 is 0 Å². The molecule has 1 rings (SSSR count). The molecule has 0 atom stereocenters. The average molecular weight is 271 g/mol. The third-order valence-corrected chi connectivity index (χ3v) is 3.39. The molecule has 0 aromatic heterocycles. The monoisotopic (exact) mass is 271 g/mol. The minimum Gasteiger partial charge on any atom is -0.397 e. The zero-order chi connectivity index (χ0) is 13.8. The number of nitrogens with two attached hydrogens (primary N) is 2. The molecule has 0 aliphatic heterocycles. The minimum absolute atomic E-state index is 0.0820. The van der Waals surface area contributed by atoms with Gasteiger partial charge in [0.2, 0.25) is 0 Å². The number of hydrogen-bond acceptors (Lipinski definition) is 5. The van der Waals surface area contributed by atoms with E-state index >= 15 is 0 Å². The molecule has 0 fully saturated rings. The Morgan fingerprint density at radius 1 is 1.39 bits per heavy atom. The van der Waals surface area contributed by atoms with Crippen LogP contribution in [0.25, 0.3) is 0 Å². The summed E-state index contributed by atoms with van der Waals surface area (Å²) in [5.74, 6) is -0.494. The summed E-state index contributed by atoms with van der Waals surface area (Å²) in [6.45, 7) is 0.404. The predicted molar refractivity (Wildman–Crippen MR) is 72.2 cm³/mol. The summed E-state index contributed by atoms with van der Waals surface area (Å²) in [4.78, 5) is 11.2. The van der Waals surface area contributed by atoms with E-state index < -0.39 is 15.7 Å². The maximum atomic E-state index is 11.2. The van der Waals surface area contributed by atoms with Crippen LogP contribution in [0.3, 0.4) is 0 Å². The summed E-state index contributed by atoms with van der Waals surface area (Å²) in [5, 5.41) is 2.95. The van der Waals surface area contributed by atoms with E-state index in [9.17, 15) is 13.2 Å². The third-order valence-electron chi connectivity index (χ3n) is 2.36. The number of carbonyl (C=O) groups excluding carboxylic acids is 1. The predicted octanol–water partition coefficient (Wildman–Crippen LogP) is 0.214. The van der Waals surface area contributed by atoms with E-state index in [0.29, 0.717) is 29.9 Å². The molecule has 18 heavy (non-hydrogen) atoms. The lowest BCUT2D eigenvalue weighted by Crippen LogP contribution is -2.17. The molecule has 0 bridgehead atoms. The van der Waals surface area contributed by atoms with Crippen LogP contribution in [0.2, 0.25) is 0 Å². The number of anilines is 2. The molecular weight excluding hydrogens is 254 g/mol. The summed E-state index contributed by atoms with van der Waals surface area (Å²) < 4.78 is 21.9. The van der Waals surface area contributed by atoms with E-state index in [4.69, 9.17) is 11.5 Å². The molecule has 1 aromatic rings. The minimum atomic E-state index is -2.98. The van der Waals surface area contributed by atoms with Crippen molar-refractivity contribution in [3.05, 3.63) is 23.8 Å². The first kappa shape index (κ1) is 14.3. The summed E-state index contributed by atoms with van der Waals surface area (Å²) in [7, 11) is -2.98. The van der Waals surface area contributed by atoms with E-state index in [1.165, 1.54) is 6.26 Å². The first-order valence-corrected chi connectivity index (χ1v) is 7.47. The molecule has 0 saturated heterocycles. The summed E-state index contributed by atoms with van der Waals surface area (Å²) in [6, 6.07) is 4.85. The van der Waals surface area contributed by atoms with Gasteiger partial charge in [-0.1, -0.05) is 6.07 Å². The second kappa shape index (κ2) is 5.72. The highest BCUT2D eigenvalue weighted by atomic mass is 32.2. The van der Waals surface area contributed by atoms with Crippen LogP contribution in [0.5, 0.6) is 0 Å². The van der Waals surface area contributed by atoms with Crippen molar-refractivity contribution in [2.24, 2.45) is 5.73 Å². The summed E-state index contributed by atoms with van der Waals surface area (Å²) in [5.41, 5.74) is 12.1. The molecule has 6 nitrogen and oxygen atoms in total. The van der Waals surface area contributed by atoms with Crippen molar-refractivity contribution in [1.29, 1.82) is 0 Å². The van der Waals surface area contributed by atoms with Crippen molar-refractivity contribution < 1.29 is 13.2 Å². The highest BCUT2D eigenvalue weighted by Gasteiger charge is 2.10. The number of rotatable bonds is 6. The molecule has 0 spiro atoms. The number of nitrogen functional groups attached to an aromatic ring is 1. The van der Waals surface area contributed by atoms with E-state index in [0.717, 1.165) is 0 Å². The number of amides is 1. The van der Waals surface area contributed by atoms with Crippen LogP contribution in [0.4, 0.5) is 11.4 Å². The number of benzene rings is 1. The molecule has 1 amide bonds. The van der Waals surface area contributed by atoms with Gasteiger partial charge in [0, 0.05) is 12.8 Å². The number of primary amides is 1. The fraction of sp³-hybridized carbons (Fsp3) is 0.364. The maximum absolute atomic E-state index is 11.2. The van der Waals surface area contributed by atoms with Gasteiger partial charge in [-0.15, -0.1) is 0 Å². The van der Waals surface area contributed by atoms with Crippen LogP contribution in [-0.4, -0.2) is 32.9 Å². The van der Waals surface area contributed by atoms with Crippen LogP contribution in [-0.2, 0) is 9.84 Å². The zero-order valence-corrected chi connectivity index (χ0v) is 11.0. The van der Waals surface area contributed by atoms with Gasteiger partial charge in [0.1, 0.15) is 9.84 Å². The maximum Gasteiger partial charge on any atom is 0.250 e. The van der Waals surface area contributed by atoms with Gasteiger partial charge in [-0.3, -0.25) is 4.79 Å². The number of para-hydroxylation sites is 1. The Hall–Kier alpha value is -1.76.